The molecule has 3 nitrogen and oxygen atoms in total. The second-order valence-electron chi connectivity index (χ2n) is 3.58. The van der Waals surface area contributed by atoms with Crippen LogP contribution in [0.5, 0.6) is 0 Å². The van der Waals surface area contributed by atoms with Crippen LogP contribution in [0.1, 0.15) is 5.56 Å². The summed E-state index contributed by atoms with van der Waals surface area (Å²) in [5.74, 6) is -1.12. The fourth-order valence-corrected chi connectivity index (χ4v) is 1.61. The minimum Gasteiger partial charge on any atom is -0.350 e. The third-order valence-electron chi connectivity index (χ3n) is 2.24. The molecule has 0 radical (unpaired) electrons. The highest BCUT2D eigenvalue weighted by atomic mass is 35.5. The number of anilines is 2. The summed E-state index contributed by atoms with van der Waals surface area (Å²) in [6.45, 7) is 1.47. The molecule has 1 aromatic carbocycles. The molecule has 1 aromatic heterocycles. The normalized spacial score (nSPS) is 10.5. The summed E-state index contributed by atoms with van der Waals surface area (Å²) < 4.78 is 27.0. The SMILES string of the molecule is Cc1cc(F)c(Nc2cc(Cl)nnc2Cl)cc1F. The van der Waals surface area contributed by atoms with Crippen molar-refractivity contribution in [1.29, 1.82) is 0 Å². The summed E-state index contributed by atoms with van der Waals surface area (Å²) in [6.07, 6.45) is 0. The Morgan fingerprint density at radius 3 is 2.44 bits per heavy atom. The highest BCUT2D eigenvalue weighted by Crippen LogP contribution is 2.27. The molecule has 0 fully saturated rings. The van der Waals surface area contributed by atoms with E-state index in [4.69, 9.17) is 23.2 Å². The lowest BCUT2D eigenvalue weighted by atomic mass is 10.2. The van der Waals surface area contributed by atoms with Crippen LogP contribution in [-0.2, 0) is 0 Å². The molecule has 7 heteroatoms. The van der Waals surface area contributed by atoms with Crippen molar-refractivity contribution in [3.63, 3.8) is 0 Å². The van der Waals surface area contributed by atoms with Gasteiger partial charge in [0.2, 0.25) is 0 Å². The molecule has 0 bridgehead atoms. The Hall–Kier alpha value is -1.46. The number of rotatable bonds is 2. The van der Waals surface area contributed by atoms with Crippen molar-refractivity contribution < 1.29 is 8.78 Å². The molecule has 1 heterocycles. The highest BCUT2D eigenvalue weighted by molar-refractivity contribution is 6.33. The van der Waals surface area contributed by atoms with Gasteiger partial charge in [-0.15, -0.1) is 10.2 Å². The molecular weight excluding hydrogens is 283 g/mol. The predicted octanol–water partition coefficient (Wildman–Crippen LogP) is 4.11. The van der Waals surface area contributed by atoms with Gasteiger partial charge in [-0.25, -0.2) is 8.78 Å². The van der Waals surface area contributed by atoms with Gasteiger partial charge in [-0.2, -0.15) is 0 Å². The number of halogens is 4. The molecule has 2 rings (SSSR count). The van der Waals surface area contributed by atoms with Gasteiger partial charge in [0.15, 0.2) is 10.3 Å². The third-order valence-corrected chi connectivity index (χ3v) is 2.70. The summed E-state index contributed by atoms with van der Waals surface area (Å²) in [5.41, 5.74) is 0.415. The Labute approximate surface area is 112 Å². The van der Waals surface area contributed by atoms with Gasteiger partial charge in [0.05, 0.1) is 11.4 Å². The smallest absolute Gasteiger partial charge is 0.175 e. The minimum atomic E-state index is -0.599. The van der Waals surface area contributed by atoms with Crippen molar-refractivity contribution in [2.75, 3.05) is 5.32 Å². The van der Waals surface area contributed by atoms with Crippen LogP contribution >= 0.6 is 23.2 Å². The van der Waals surface area contributed by atoms with Gasteiger partial charge < -0.3 is 5.32 Å². The van der Waals surface area contributed by atoms with Crippen molar-refractivity contribution in [3.8, 4) is 0 Å². The van der Waals surface area contributed by atoms with Crippen LogP contribution in [0.4, 0.5) is 20.2 Å². The molecule has 0 atom stereocenters. The van der Waals surface area contributed by atoms with Gasteiger partial charge in [0.25, 0.3) is 0 Å². The molecule has 0 aliphatic rings. The summed E-state index contributed by atoms with van der Waals surface area (Å²) in [6, 6.07) is 3.49. The second kappa shape index (κ2) is 5.04. The Morgan fingerprint density at radius 2 is 1.72 bits per heavy atom. The van der Waals surface area contributed by atoms with Gasteiger partial charge in [0, 0.05) is 12.1 Å². The number of hydrogen-bond donors (Lipinski definition) is 1. The molecule has 0 unspecified atom stereocenters. The Kier molecular flexibility index (Phi) is 3.63. The van der Waals surface area contributed by atoms with Gasteiger partial charge in [-0.05, 0) is 18.6 Å². The monoisotopic (exact) mass is 289 g/mol. The van der Waals surface area contributed by atoms with Crippen molar-refractivity contribution in [2.45, 2.75) is 6.92 Å². The van der Waals surface area contributed by atoms with Crippen LogP contribution in [0.2, 0.25) is 10.3 Å². The molecule has 0 saturated heterocycles. The van der Waals surface area contributed by atoms with E-state index in [2.05, 4.69) is 15.5 Å². The third kappa shape index (κ3) is 2.68. The maximum atomic E-state index is 13.6. The molecular formula is C11H7Cl2F2N3. The molecule has 18 heavy (non-hydrogen) atoms. The van der Waals surface area contributed by atoms with Crippen molar-refractivity contribution in [3.05, 3.63) is 45.7 Å². The average molecular weight is 290 g/mol. The zero-order valence-corrected chi connectivity index (χ0v) is 10.7. The molecule has 0 amide bonds. The van der Waals surface area contributed by atoms with Gasteiger partial charge in [-0.3, -0.25) is 0 Å². The summed E-state index contributed by atoms with van der Waals surface area (Å²) in [7, 11) is 0. The summed E-state index contributed by atoms with van der Waals surface area (Å²) >= 11 is 11.4. The standard InChI is InChI=1S/C11H7Cl2F2N3/c1-5-2-7(15)8(3-6(5)14)16-9-4-10(12)17-18-11(9)13/h2-4H,1H3,(H,16,17). The summed E-state index contributed by atoms with van der Waals surface area (Å²) in [5, 5.41) is 9.78. The average Bonchev–Trinajstić information content (AvgIpc) is 2.30. The Bertz CT molecular complexity index is 605. The molecule has 1 N–H and O–H groups in total. The number of aryl methyl sites for hydroxylation is 1. The van der Waals surface area contributed by atoms with Crippen LogP contribution in [0, 0.1) is 18.6 Å². The number of benzene rings is 1. The van der Waals surface area contributed by atoms with E-state index in [1.807, 2.05) is 0 Å². The number of aromatic nitrogens is 2. The lowest BCUT2D eigenvalue weighted by molar-refractivity contribution is 0.595. The Morgan fingerprint density at radius 1 is 1.00 bits per heavy atom. The van der Waals surface area contributed by atoms with Crippen LogP contribution in [0.3, 0.4) is 0 Å². The topological polar surface area (TPSA) is 37.8 Å². The van der Waals surface area contributed by atoms with E-state index in [1.165, 1.54) is 13.0 Å². The fraction of sp³-hybridized carbons (Fsp3) is 0.0909. The van der Waals surface area contributed by atoms with E-state index < -0.39 is 11.6 Å². The van der Waals surface area contributed by atoms with E-state index in [0.717, 1.165) is 12.1 Å². The quantitative estimate of drug-likeness (QED) is 0.904. The zero-order chi connectivity index (χ0) is 13.3. The van der Waals surface area contributed by atoms with E-state index in [1.54, 1.807) is 0 Å². The van der Waals surface area contributed by atoms with Crippen LogP contribution in [0.25, 0.3) is 0 Å². The number of nitrogens with one attached hydrogen (secondary N) is 1. The molecule has 0 aliphatic carbocycles. The summed E-state index contributed by atoms with van der Waals surface area (Å²) in [4.78, 5) is 0. The fourth-order valence-electron chi connectivity index (χ4n) is 1.33. The van der Waals surface area contributed by atoms with Gasteiger partial charge in [0.1, 0.15) is 11.6 Å². The second-order valence-corrected chi connectivity index (χ2v) is 4.32. The molecule has 0 spiro atoms. The number of nitrogens with zero attached hydrogens (tertiary/aromatic N) is 2. The van der Waals surface area contributed by atoms with Crippen molar-refractivity contribution >= 4 is 34.6 Å². The first-order valence-electron chi connectivity index (χ1n) is 4.89. The van der Waals surface area contributed by atoms with E-state index in [9.17, 15) is 8.78 Å². The largest absolute Gasteiger partial charge is 0.350 e. The first kappa shape index (κ1) is 13.0. The van der Waals surface area contributed by atoms with Crippen molar-refractivity contribution in [2.24, 2.45) is 0 Å². The zero-order valence-electron chi connectivity index (χ0n) is 9.14. The van der Waals surface area contributed by atoms with Crippen LogP contribution < -0.4 is 5.32 Å². The number of hydrogen-bond acceptors (Lipinski definition) is 3. The maximum Gasteiger partial charge on any atom is 0.175 e. The molecule has 0 saturated carbocycles. The molecule has 2 aromatic rings. The molecule has 94 valence electrons. The maximum absolute atomic E-state index is 13.6. The first-order valence-corrected chi connectivity index (χ1v) is 5.64. The van der Waals surface area contributed by atoms with E-state index in [-0.39, 0.29) is 27.2 Å². The first-order chi connectivity index (χ1) is 8.47. The van der Waals surface area contributed by atoms with Gasteiger partial charge in [-0.1, -0.05) is 23.2 Å². The van der Waals surface area contributed by atoms with E-state index in [0.29, 0.717) is 0 Å². The predicted molar refractivity (Wildman–Crippen MR) is 66.4 cm³/mol. The lowest BCUT2D eigenvalue weighted by Crippen LogP contribution is -1.99. The van der Waals surface area contributed by atoms with Gasteiger partial charge >= 0.3 is 0 Å². The minimum absolute atomic E-state index is 0.0137. The highest BCUT2D eigenvalue weighted by Gasteiger charge is 2.10. The lowest BCUT2D eigenvalue weighted by Gasteiger charge is -2.09. The van der Waals surface area contributed by atoms with Crippen LogP contribution in [0.15, 0.2) is 18.2 Å². The molecule has 0 aliphatic heterocycles. The van der Waals surface area contributed by atoms with E-state index >= 15 is 0 Å². The Balaban J connectivity index is 2.40. The van der Waals surface area contributed by atoms with Crippen molar-refractivity contribution in [1.82, 2.24) is 10.2 Å². The van der Waals surface area contributed by atoms with Crippen LogP contribution in [-0.4, -0.2) is 10.2 Å².